The lowest BCUT2D eigenvalue weighted by molar-refractivity contribution is 0.366. The standard InChI is InChI=1S/C12H19NO/c1-9-4-5-11(14)10(6-9)7-12(2,3)8-13/h4-6,14H,7-8,13H2,1-3H3. The van der Waals surface area contributed by atoms with E-state index in [1.54, 1.807) is 6.07 Å². The van der Waals surface area contributed by atoms with Crippen molar-refractivity contribution in [1.82, 2.24) is 0 Å². The quantitative estimate of drug-likeness (QED) is 0.773. The van der Waals surface area contributed by atoms with Crippen LogP contribution in [0.15, 0.2) is 18.2 Å². The Morgan fingerprint density at radius 2 is 2.00 bits per heavy atom. The van der Waals surface area contributed by atoms with E-state index in [0.29, 0.717) is 12.3 Å². The van der Waals surface area contributed by atoms with Crippen LogP contribution in [0, 0.1) is 12.3 Å². The van der Waals surface area contributed by atoms with Gasteiger partial charge in [-0.3, -0.25) is 0 Å². The number of rotatable bonds is 3. The molecule has 0 fully saturated rings. The van der Waals surface area contributed by atoms with Crippen LogP contribution in [-0.2, 0) is 6.42 Å². The number of phenolic OH excluding ortho intramolecular Hbond substituents is 1. The van der Waals surface area contributed by atoms with Gasteiger partial charge in [-0.05, 0) is 36.9 Å². The van der Waals surface area contributed by atoms with Gasteiger partial charge in [-0.25, -0.2) is 0 Å². The van der Waals surface area contributed by atoms with E-state index < -0.39 is 0 Å². The molecule has 2 nitrogen and oxygen atoms in total. The van der Waals surface area contributed by atoms with E-state index in [2.05, 4.69) is 13.8 Å². The summed E-state index contributed by atoms with van der Waals surface area (Å²) in [7, 11) is 0. The highest BCUT2D eigenvalue weighted by Gasteiger charge is 2.18. The maximum absolute atomic E-state index is 9.65. The fraction of sp³-hybridized carbons (Fsp3) is 0.500. The van der Waals surface area contributed by atoms with Gasteiger partial charge in [-0.1, -0.05) is 31.5 Å². The molecular formula is C12H19NO. The Morgan fingerprint density at radius 1 is 1.36 bits per heavy atom. The molecule has 0 heterocycles. The molecule has 0 aliphatic heterocycles. The topological polar surface area (TPSA) is 46.2 Å². The van der Waals surface area contributed by atoms with Gasteiger partial charge in [0, 0.05) is 0 Å². The van der Waals surface area contributed by atoms with Crippen molar-refractivity contribution in [1.29, 1.82) is 0 Å². The first-order valence-electron chi connectivity index (χ1n) is 4.93. The summed E-state index contributed by atoms with van der Waals surface area (Å²) in [5.74, 6) is 0.372. The van der Waals surface area contributed by atoms with Crippen LogP contribution in [0.5, 0.6) is 5.75 Å². The highest BCUT2D eigenvalue weighted by Crippen LogP contribution is 2.26. The third-order valence-corrected chi connectivity index (χ3v) is 2.46. The van der Waals surface area contributed by atoms with E-state index in [4.69, 9.17) is 5.73 Å². The third-order valence-electron chi connectivity index (χ3n) is 2.46. The smallest absolute Gasteiger partial charge is 0.118 e. The summed E-state index contributed by atoms with van der Waals surface area (Å²) in [5, 5.41) is 9.65. The zero-order valence-corrected chi connectivity index (χ0v) is 9.17. The molecule has 0 saturated heterocycles. The zero-order chi connectivity index (χ0) is 10.8. The van der Waals surface area contributed by atoms with Crippen molar-refractivity contribution in [2.45, 2.75) is 27.2 Å². The molecule has 0 aromatic heterocycles. The van der Waals surface area contributed by atoms with E-state index in [9.17, 15) is 5.11 Å². The van der Waals surface area contributed by atoms with Crippen molar-refractivity contribution < 1.29 is 5.11 Å². The predicted octanol–water partition coefficient (Wildman–Crippen LogP) is 2.23. The van der Waals surface area contributed by atoms with Crippen molar-refractivity contribution in [3.63, 3.8) is 0 Å². The van der Waals surface area contributed by atoms with Crippen LogP contribution in [0.1, 0.15) is 25.0 Å². The van der Waals surface area contributed by atoms with Crippen molar-refractivity contribution in [3.8, 4) is 5.75 Å². The van der Waals surface area contributed by atoms with Gasteiger partial charge in [0.1, 0.15) is 5.75 Å². The van der Waals surface area contributed by atoms with Crippen LogP contribution < -0.4 is 5.73 Å². The minimum atomic E-state index is 0.0469. The minimum Gasteiger partial charge on any atom is -0.508 e. The maximum atomic E-state index is 9.65. The molecule has 3 N–H and O–H groups in total. The molecule has 14 heavy (non-hydrogen) atoms. The summed E-state index contributed by atoms with van der Waals surface area (Å²) < 4.78 is 0. The van der Waals surface area contributed by atoms with E-state index in [1.807, 2.05) is 19.1 Å². The molecule has 0 aliphatic rings. The molecule has 2 heteroatoms. The average molecular weight is 193 g/mol. The molecule has 0 radical (unpaired) electrons. The van der Waals surface area contributed by atoms with Crippen LogP contribution in [0.2, 0.25) is 0 Å². The molecule has 0 atom stereocenters. The van der Waals surface area contributed by atoms with Gasteiger partial charge in [0.05, 0.1) is 0 Å². The van der Waals surface area contributed by atoms with Crippen LogP contribution in [0.3, 0.4) is 0 Å². The van der Waals surface area contributed by atoms with Gasteiger partial charge >= 0.3 is 0 Å². The Labute approximate surface area is 85.8 Å². The first kappa shape index (κ1) is 11.1. The lowest BCUT2D eigenvalue weighted by Gasteiger charge is -2.22. The average Bonchev–Trinajstić information content (AvgIpc) is 2.11. The van der Waals surface area contributed by atoms with Gasteiger partial charge in [-0.15, -0.1) is 0 Å². The lowest BCUT2D eigenvalue weighted by Crippen LogP contribution is -2.25. The number of hydrogen-bond donors (Lipinski definition) is 2. The number of nitrogens with two attached hydrogens (primary N) is 1. The first-order chi connectivity index (χ1) is 6.44. The van der Waals surface area contributed by atoms with Gasteiger partial charge in [-0.2, -0.15) is 0 Å². The van der Waals surface area contributed by atoms with E-state index in [1.165, 1.54) is 5.56 Å². The SMILES string of the molecule is Cc1ccc(O)c(CC(C)(C)CN)c1. The minimum absolute atomic E-state index is 0.0469. The zero-order valence-electron chi connectivity index (χ0n) is 9.17. The van der Waals surface area contributed by atoms with Crippen LogP contribution in [-0.4, -0.2) is 11.7 Å². The molecule has 0 unspecified atom stereocenters. The summed E-state index contributed by atoms with van der Waals surface area (Å²) in [6.45, 7) is 6.86. The van der Waals surface area contributed by atoms with Gasteiger partial charge in [0.25, 0.3) is 0 Å². The summed E-state index contributed by atoms with van der Waals surface area (Å²) in [6, 6.07) is 5.68. The summed E-state index contributed by atoms with van der Waals surface area (Å²) in [6.07, 6.45) is 0.816. The highest BCUT2D eigenvalue weighted by atomic mass is 16.3. The molecule has 1 aromatic rings. The second kappa shape index (κ2) is 4.01. The Hall–Kier alpha value is -1.02. The largest absolute Gasteiger partial charge is 0.508 e. The molecule has 0 amide bonds. The van der Waals surface area contributed by atoms with Crippen LogP contribution >= 0.6 is 0 Å². The number of hydrogen-bond acceptors (Lipinski definition) is 2. The number of benzene rings is 1. The Kier molecular flexibility index (Phi) is 3.17. The van der Waals surface area contributed by atoms with Crippen molar-refractivity contribution in [3.05, 3.63) is 29.3 Å². The molecule has 1 rings (SSSR count). The van der Waals surface area contributed by atoms with Crippen molar-refractivity contribution in [2.75, 3.05) is 6.54 Å². The molecule has 0 spiro atoms. The first-order valence-corrected chi connectivity index (χ1v) is 4.93. The van der Waals surface area contributed by atoms with Crippen molar-refractivity contribution >= 4 is 0 Å². The van der Waals surface area contributed by atoms with Gasteiger partial charge < -0.3 is 10.8 Å². The Balaban J connectivity index is 2.91. The van der Waals surface area contributed by atoms with Gasteiger partial charge in [0.2, 0.25) is 0 Å². The molecule has 1 aromatic carbocycles. The van der Waals surface area contributed by atoms with E-state index in [-0.39, 0.29) is 5.41 Å². The fourth-order valence-corrected chi connectivity index (χ4v) is 1.44. The normalized spacial score (nSPS) is 11.7. The van der Waals surface area contributed by atoms with Crippen molar-refractivity contribution in [2.24, 2.45) is 11.1 Å². The van der Waals surface area contributed by atoms with E-state index in [0.717, 1.165) is 12.0 Å². The molecule has 0 bridgehead atoms. The van der Waals surface area contributed by atoms with Crippen LogP contribution in [0.25, 0.3) is 0 Å². The summed E-state index contributed by atoms with van der Waals surface area (Å²) in [5.41, 5.74) is 7.87. The third kappa shape index (κ3) is 2.74. The number of aromatic hydroxyl groups is 1. The summed E-state index contributed by atoms with van der Waals surface area (Å²) >= 11 is 0. The Bertz CT molecular complexity index is 318. The van der Waals surface area contributed by atoms with Gasteiger partial charge in [0.15, 0.2) is 0 Å². The highest BCUT2D eigenvalue weighted by molar-refractivity contribution is 5.36. The maximum Gasteiger partial charge on any atom is 0.118 e. The van der Waals surface area contributed by atoms with Crippen LogP contribution in [0.4, 0.5) is 0 Å². The number of phenols is 1. The molecule has 78 valence electrons. The van der Waals surface area contributed by atoms with E-state index >= 15 is 0 Å². The lowest BCUT2D eigenvalue weighted by atomic mass is 9.85. The fourth-order valence-electron chi connectivity index (χ4n) is 1.44. The predicted molar refractivity (Wildman–Crippen MR) is 59.4 cm³/mol. The number of aryl methyl sites for hydroxylation is 1. The second-order valence-corrected chi connectivity index (χ2v) is 4.68. The molecular weight excluding hydrogens is 174 g/mol. The monoisotopic (exact) mass is 193 g/mol. The summed E-state index contributed by atoms with van der Waals surface area (Å²) in [4.78, 5) is 0. The molecule has 0 aliphatic carbocycles. The Morgan fingerprint density at radius 3 is 2.57 bits per heavy atom. The molecule has 0 saturated carbocycles. The second-order valence-electron chi connectivity index (χ2n) is 4.68.